The topological polar surface area (TPSA) is 98.2 Å². The third-order valence-corrected chi connectivity index (χ3v) is 3.19. The zero-order valence-electron chi connectivity index (χ0n) is 12.7. The highest BCUT2D eigenvalue weighted by molar-refractivity contribution is 5.92. The Labute approximate surface area is 128 Å². The van der Waals surface area contributed by atoms with Gasteiger partial charge in [0.15, 0.2) is 0 Å². The van der Waals surface area contributed by atoms with Gasteiger partial charge in [0.1, 0.15) is 17.4 Å². The smallest absolute Gasteiger partial charge is 0.338 e. The lowest BCUT2D eigenvalue weighted by molar-refractivity contribution is -0.143. The quantitative estimate of drug-likeness (QED) is 0.858. The number of rotatable bonds is 3. The molecule has 0 bridgehead atoms. The van der Waals surface area contributed by atoms with Crippen molar-refractivity contribution in [2.75, 3.05) is 0 Å². The van der Waals surface area contributed by atoms with Crippen molar-refractivity contribution >= 4 is 5.97 Å². The first-order valence-electron chi connectivity index (χ1n) is 6.85. The van der Waals surface area contributed by atoms with Crippen molar-refractivity contribution in [3.05, 3.63) is 52.9 Å². The number of allylic oxidation sites excluding steroid dienone is 2. The molecule has 0 aromatic carbocycles. The lowest BCUT2D eigenvalue weighted by Gasteiger charge is -2.27. The Balaban J connectivity index is 2.56. The summed E-state index contributed by atoms with van der Waals surface area (Å²) in [7, 11) is 0. The molecule has 1 aromatic heterocycles. The van der Waals surface area contributed by atoms with E-state index in [0.717, 1.165) is 0 Å². The van der Waals surface area contributed by atoms with Crippen LogP contribution in [-0.4, -0.2) is 17.1 Å². The van der Waals surface area contributed by atoms with E-state index in [0.29, 0.717) is 11.3 Å². The van der Waals surface area contributed by atoms with Crippen molar-refractivity contribution in [2.45, 2.75) is 32.8 Å². The first-order chi connectivity index (χ1) is 10.5. The van der Waals surface area contributed by atoms with Gasteiger partial charge >= 0.3 is 5.97 Å². The van der Waals surface area contributed by atoms with Crippen LogP contribution >= 0.6 is 0 Å². The molecule has 2 N–H and O–H groups in total. The van der Waals surface area contributed by atoms with Crippen LogP contribution in [0.5, 0.6) is 0 Å². The Kier molecular flexibility index (Phi) is 4.47. The molecule has 0 saturated heterocycles. The Morgan fingerprint density at radius 1 is 1.55 bits per heavy atom. The highest BCUT2D eigenvalue weighted by Gasteiger charge is 2.36. The summed E-state index contributed by atoms with van der Waals surface area (Å²) in [5, 5.41) is 9.40. The van der Waals surface area contributed by atoms with Crippen molar-refractivity contribution in [2.24, 2.45) is 5.73 Å². The summed E-state index contributed by atoms with van der Waals surface area (Å²) < 4.78 is 10.6. The van der Waals surface area contributed by atoms with E-state index in [2.05, 4.69) is 4.98 Å². The minimum Gasteiger partial charge on any atom is -0.459 e. The fourth-order valence-electron chi connectivity index (χ4n) is 2.30. The van der Waals surface area contributed by atoms with Gasteiger partial charge in [-0.1, -0.05) is 6.07 Å². The van der Waals surface area contributed by atoms with Crippen LogP contribution < -0.4 is 5.73 Å². The Morgan fingerprint density at radius 2 is 2.27 bits per heavy atom. The first-order valence-corrected chi connectivity index (χ1v) is 6.85. The highest BCUT2D eigenvalue weighted by atomic mass is 16.5. The number of hydrogen-bond donors (Lipinski definition) is 1. The van der Waals surface area contributed by atoms with Crippen LogP contribution in [0.3, 0.4) is 0 Å². The van der Waals surface area contributed by atoms with Gasteiger partial charge < -0.3 is 15.2 Å². The summed E-state index contributed by atoms with van der Waals surface area (Å²) in [5.74, 6) is -0.841. The summed E-state index contributed by atoms with van der Waals surface area (Å²) >= 11 is 0. The second-order valence-electron chi connectivity index (χ2n) is 5.14. The Morgan fingerprint density at radius 3 is 2.82 bits per heavy atom. The van der Waals surface area contributed by atoms with Gasteiger partial charge in [0, 0.05) is 12.4 Å². The summed E-state index contributed by atoms with van der Waals surface area (Å²) in [4.78, 5) is 16.5. The standard InChI is InChI=1S/C16H17N3O3/c1-9(2)21-16(20)13-10(3)22-15(18)12(7-17)14(13)11-5-4-6-19-8-11/h4-6,8-9,14H,18H2,1-3H3/t14-/m0/s1. The van der Waals surface area contributed by atoms with E-state index in [-0.39, 0.29) is 23.1 Å². The number of nitriles is 1. The molecule has 6 heteroatoms. The second kappa shape index (κ2) is 6.31. The number of nitrogens with two attached hydrogens (primary N) is 1. The molecule has 1 aromatic rings. The van der Waals surface area contributed by atoms with E-state index in [4.69, 9.17) is 15.2 Å². The zero-order valence-corrected chi connectivity index (χ0v) is 12.7. The normalized spacial score (nSPS) is 18.0. The first kappa shape index (κ1) is 15.6. The van der Waals surface area contributed by atoms with Gasteiger partial charge in [-0.3, -0.25) is 4.98 Å². The summed E-state index contributed by atoms with van der Waals surface area (Å²) in [6, 6.07) is 5.54. The molecule has 2 rings (SSSR count). The van der Waals surface area contributed by atoms with Gasteiger partial charge in [0.05, 0.1) is 17.6 Å². The van der Waals surface area contributed by atoms with Crippen LogP contribution in [0.2, 0.25) is 0 Å². The average molecular weight is 299 g/mol. The predicted octanol–water partition coefficient (Wildman–Crippen LogP) is 2.11. The fraction of sp³-hybridized carbons (Fsp3) is 0.312. The molecule has 0 fully saturated rings. The molecule has 114 valence electrons. The SMILES string of the molecule is CC1=C(C(=O)OC(C)C)[C@@H](c2cccnc2)C(C#N)=C(N)O1. The van der Waals surface area contributed by atoms with E-state index in [1.54, 1.807) is 45.3 Å². The number of esters is 1. The number of nitrogens with zero attached hydrogens (tertiary/aromatic N) is 2. The lowest BCUT2D eigenvalue weighted by Crippen LogP contribution is -2.26. The van der Waals surface area contributed by atoms with Crippen molar-refractivity contribution in [3.8, 4) is 6.07 Å². The summed E-state index contributed by atoms with van der Waals surface area (Å²) in [6.07, 6.45) is 2.93. The van der Waals surface area contributed by atoms with Crippen molar-refractivity contribution in [1.29, 1.82) is 5.26 Å². The van der Waals surface area contributed by atoms with Crippen LogP contribution in [0, 0.1) is 11.3 Å². The highest BCUT2D eigenvalue weighted by Crippen LogP contribution is 2.39. The molecule has 1 aliphatic rings. The van der Waals surface area contributed by atoms with Crippen LogP contribution in [0.4, 0.5) is 0 Å². The average Bonchev–Trinajstić information content (AvgIpc) is 2.46. The third kappa shape index (κ3) is 2.93. The molecule has 0 unspecified atom stereocenters. The van der Waals surface area contributed by atoms with E-state index in [1.807, 2.05) is 6.07 Å². The van der Waals surface area contributed by atoms with Crippen molar-refractivity contribution in [3.63, 3.8) is 0 Å². The largest absolute Gasteiger partial charge is 0.459 e. The van der Waals surface area contributed by atoms with Gasteiger partial charge in [-0.2, -0.15) is 5.26 Å². The maximum atomic E-state index is 12.4. The molecule has 0 spiro atoms. The number of carbonyl (C=O) groups is 1. The molecule has 1 atom stereocenters. The number of aromatic nitrogens is 1. The lowest BCUT2D eigenvalue weighted by atomic mass is 9.84. The Bertz CT molecular complexity index is 684. The van der Waals surface area contributed by atoms with E-state index in [1.165, 1.54) is 0 Å². The molecule has 0 amide bonds. The van der Waals surface area contributed by atoms with Gasteiger partial charge in [-0.25, -0.2) is 4.79 Å². The van der Waals surface area contributed by atoms with Crippen molar-refractivity contribution < 1.29 is 14.3 Å². The monoisotopic (exact) mass is 299 g/mol. The zero-order chi connectivity index (χ0) is 16.3. The third-order valence-electron chi connectivity index (χ3n) is 3.19. The number of pyridine rings is 1. The molecule has 0 aliphatic carbocycles. The van der Waals surface area contributed by atoms with Crippen molar-refractivity contribution in [1.82, 2.24) is 4.98 Å². The second-order valence-corrected chi connectivity index (χ2v) is 5.14. The van der Waals surface area contributed by atoms with E-state index >= 15 is 0 Å². The van der Waals surface area contributed by atoms with Crippen LogP contribution in [-0.2, 0) is 14.3 Å². The van der Waals surface area contributed by atoms with E-state index in [9.17, 15) is 10.1 Å². The Hall–Kier alpha value is -2.81. The minimum absolute atomic E-state index is 0.00468. The molecule has 1 aliphatic heterocycles. The summed E-state index contributed by atoms with van der Waals surface area (Å²) in [5.41, 5.74) is 6.93. The molecule has 2 heterocycles. The number of ether oxygens (including phenoxy) is 2. The predicted molar refractivity (Wildman–Crippen MR) is 78.8 cm³/mol. The summed E-state index contributed by atoms with van der Waals surface area (Å²) in [6.45, 7) is 5.14. The molecular weight excluding hydrogens is 282 g/mol. The van der Waals surface area contributed by atoms with Gasteiger partial charge in [0.2, 0.25) is 5.88 Å². The molecular formula is C16H17N3O3. The van der Waals surface area contributed by atoms with E-state index < -0.39 is 11.9 Å². The van der Waals surface area contributed by atoms with Gasteiger partial charge in [0.25, 0.3) is 0 Å². The molecule has 6 nitrogen and oxygen atoms in total. The molecule has 0 radical (unpaired) electrons. The molecule has 22 heavy (non-hydrogen) atoms. The molecule has 0 saturated carbocycles. The minimum atomic E-state index is -0.640. The number of hydrogen-bond acceptors (Lipinski definition) is 6. The van der Waals surface area contributed by atoms with Crippen LogP contribution in [0.1, 0.15) is 32.3 Å². The maximum absolute atomic E-state index is 12.4. The maximum Gasteiger partial charge on any atom is 0.338 e. The van der Waals surface area contributed by atoms with Crippen LogP contribution in [0.15, 0.2) is 47.3 Å². The van der Waals surface area contributed by atoms with Crippen LogP contribution in [0.25, 0.3) is 0 Å². The van der Waals surface area contributed by atoms with Gasteiger partial charge in [-0.15, -0.1) is 0 Å². The number of carbonyl (C=O) groups excluding carboxylic acids is 1. The van der Waals surface area contributed by atoms with Gasteiger partial charge in [-0.05, 0) is 32.4 Å². The fourth-order valence-corrected chi connectivity index (χ4v) is 2.30.